The molecule has 80 valence electrons. The Morgan fingerprint density at radius 1 is 1.23 bits per heavy atom. The minimum atomic E-state index is 0.422. The quantitative estimate of drug-likeness (QED) is 0.624. The molecule has 0 saturated heterocycles. The highest BCUT2D eigenvalue weighted by Gasteiger charge is 2.13. The van der Waals surface area contributed by atoms with Crippen LogP contribution in [0.5, 0.6) is 0 Å². The van der Waals surface area contributed by atoms with Crippen LogP contribution in [0.2, 0.25) is 0 Å². The van der Waals surface area contributed by atoms with E-state index < -0.39 is 0 Å². The Bertz CT molecular complexity index is 115. The van der Waals surface area contributed by atoms with Crippen molar-refractivity contribution in [1.29, 1.82) is 0 Å². The molecule has 0 radical (unpaired) electrons. The van der Waals surface area contributed by atoms with Gasteiger partial charge in [0.2, 0.25) is 0 Å². The summed E-state index contributed by atoms with van der Waals surface area (Å²) in [6.45, 7) is 9.75. The van der Waals surface area contributed by atoms with E-state index in [0.29, 0.717) is 17.9 Å². The van der Waals surface area contributed by atoms with Crippen LogP contribution in [0, 0.1) is 11.8 Å². The van der Waals surface area contributed by atoms with Crippen molar-refractivity contribution in [3.8, 4) is 0 Å². The maximum absolute atomic E-state index is 5.77. The van der Waals surface area contributed by atoms with Gasteiger partial charge in [-0.15, -0.1) is 0 Å². The standard InChI is InChI=1S/C11H23BrO/c1-5-6-10(4)13-8-11(7-12)9(2)3/h9-11H,5-8H2,1-4H3. The number of alkyl halides is 1. The zero-order valence-electron chi connectivity index (χ0n) is 9.35. The molecule has 0 aromatic heterocycles. The Morgan fingerprint density at radius 2 is 1.85 bits per heavy atom. The second-order valence-electron chi connectivity index (χ2n) is 4.09. The molecule has 13 heavy (non-hydrogen) atoms. The topological polar surface area (TPSA) is 9.23 Å². The van der Waals surface area contributed by atoms with Gasteiger partial charge in [-0.25, -0.2) is 0 Å². The molecule has 0 bridgehead atoms. The Morgan fingerprint density at radius 3 is 2.23 bits per heavy atom. The van der Waals surface area contributed by atoms with Crippen molar-refractivity contribution >= 4 is 15.9 Å². The van der Waals surface area contributed by atoms with E-state index in [4.69, 9.17) is 4.74 Å². The molecule has 0 fully saturated rings. The lowest BCUT2D eigenvalue weighted by Gasteiger charge is -2.20. The van der Waals surface area contributed by atoms with E-state index in [-0.39, 0.29) is 0 Å². The van der Waals surface area contributed by atoms with Gasteiger partial charge in [0.25, 0.3) is 0 Å². The maximum atomic E-state index is 5.77. The minimum absolute atomic E-state index is 0.422. The molecule has 0 amide bonds. The average Bonchev–Trinajstić information content (AvgIpc) is 2.05. The summed E-state index contributed by atoms with van der Waals surface area (Å²) in [6, 6.07) is 0. The normalized spacial score (nSPS) is 16.2. The van der Waals surface area contributed by atoms with Crippen LogP contribution in [0.1, 0.15) is 40.5 Å². The van der Waals surface area contributed by atoms with Crippen LogP contribution < -0.4 is 0 Å². The van der Waals surface area contributed by atoms with E-state index in [2.05, 4.69) is 43.6 Å². The Kier molecular flexibility index (Phi) is 8.07. The number of ether oxygens (including phenoxy) is 1. The van der Waals surface area contributed by atoms with Crippen molar-refractivity contribution in [1.82, 2.24) is 0 Å². The first-order valence-electron chi connectivity index (χ1n) is 5.29. The molecule has 0 aliphatic rings. The first kappa shape index (κ1) is 13.4. The number of halogens is 1. The van der Waals surface area contributed by atoms with Crippen LogP contribution in [-0.2, 0) is 4.74 Å². The van der Waals surface area contributed by atoms with Gasteiger partial charge in [-0.2, -0.15) is 0 Å². The molecule has 0 aliphatic carbocycles. The fourth-order valence-electron chi connectivity index (χ4n) is 1.19. The lowest BCUT2D eigenvalue weighted by molar-refractivity contribution is 0.0304. The lowest BCUT2D eigenvalue weighted by Crippen LogP contribution is -2.21. The largest absolute Gasteiger partial charge is 0.378 e. The molecule has 2 atom stereocenters. The maximum Gasteiger partial charge on any atom is 0.0547 e. The third-order valence-corrected chi connectivity index (χ3v) is 3.26. The van der Waals surface area contributed by atoms with E-state index in [0.717, 1.165) is 11.9 Å². The van der Waals surface area contributed by atoms with Crippen molar-refractivity contribution < 1.29 is 4.74 Å². The van der Waals surface area contributed by atoms with Crippen LogP contribution in [0.15, 0.2) is 0 Å². The Balaban J connectivity index is 3.59. The van der Waals surface area contributed by atoms with Gasteiger partial charge in [-0.3, -0.25) is 0 Å². The second-order valence-corrected chi connectivity index (χ2v) is 4.74. The van der Waals surface area contributed by atoms with E-state index in [1.807, 2.05) is 0 Å². The molecule has 0 rings (SSSR count). The zero-order valence-corrected chi connectivity index (χ0v) is 10.9. The van der Waals surface area contributed by atoms with Crippen molar-refractivity contribution in [2.45, 2.75) is 46.6 Å². The van der Waals surface area contributed by atoms with Gasteiger partial charge in [0.1, 0.15) is 0 Å². The van der Waals surface area contributed by atoms with E-state index >= 15 is 0 Å². The lowest BCUT2D eigenvalue weighted by atomic mass is 9.99. The summed E-state index contributed by atoms with van der Waals surface area (Å²) in [5, 5.41) is 1.05. The summed E-state index contributed by atoms with van der Waals surface area (Å²) in [5.41, 5.74) is 0. The molecule has 0 N–H and O–H groups in total. The van der Waals surface area contributed by atoms with E-state index in [1.165, 1.54) is 12.8 Å². The molecule has 0 heterocycles. The molecule has 0 spiro atoms. The number of hydrogen-bond acceptors (Lipinski definition) is 1. The summed E-state index contributed by atoms with van der Waals surface area (Å²) in [4.78, 5) is 0. The van der Waals surface area contributed by atoms with Crippen LogP contribution in [-0.4, -0.2) is 18.0 Å². The third-order valence-electron chi connectivity index (χ3n) is 2.43. The first-order chi connectivity index (χ1) is 6.11. The van der Waals surface area contributed by atoms with Gasteiger partial charge in [0.05, 0.1) is 12.7 Å². The molecule has 2 heteroatoms. The van der Waals surface area contributed by atoms with E-state index in [9.17, 15) is 0 Å². The molecular formula is C11H23BrO. The third kappa shape index (κ3) is 6.50. The van der Waals surface area contributed by atoms with Gasteiger partial charge in [0, 0.05) is 5.33 Å². The SMILES string of the molecule is CCCC(C)OCC(CBr)C(C)C. The van der Waals surface area contributed by atoms with Gasteiger partial charge in [0.15, 0.2) is 0 Å². The van der Waals surface area contributed by atoms with Gasteiger partial charge in [-0.05, 0) is 25.2 Å². The highest BCUT2D eigenvalue weighted by molar-refractivity contribution is 9.09. The van der Waals surface area contributed by atoms with Crippen molar-refractivity contribution in [2.24, 2.45) is 11.8 Å². The highest BCUT2D eigenvalue weighted by Crippen LogP contribution is 2.15. The van der Waals surface area contributed by atoms with Crippen LogP contribution in [0.4, 0.5) is 0 Å². The molecular weight excluding hydrogens is 228 g/mol. The van der Waals surface area contributed by atoms with Crippen LogP contribution in [0.3, 0.4) is 0 Å². The molecule has 0 aromatic rings. The predicted octanol–water partition coefficient (Wildman–Crippen LogP) is 3.86. The summed E-state index contributed by atoms with van der Waals surface area (Å²) < 4.78 is 5.77. The minimum Gasteiger partial charge on any atom is -0.378 e. The van der Waals surface area contributed by atoms with E-state index in [1.54, 1.807) is 0 Å². The number of hydrogen-bond donors (Lipinski definition) is 0. The van der Waals surface area contributed by atoms with Crippen LogP contribution >= 0.6 is 15.9 Å². The smallest absolute Gasteiger partial charge is 0.0547 e. The molecule has 1 nitrogen and oxygen atoms in total. The highest BCUT2D eigenvalue weighted by atomic mass is 79.9. The molecule has 0 aliphatic heterocycles. The molecule has 0 aromatic carbocycles. The summed E-state index contributed by atoms with van der Waals surface area (Å²) in [5.74, 6) is 1.35. The van der Waals surface area contributed by atoms with Crippen molar-refractivity contribution in [3.63, 3.8) is 0 Å². The summed E-state index contributed by atoms with van der Waals surface area (Å²) in [7, 11) is 0. The van der Waals surface area contributed by atoms with Crippen LogP contribution in [0.25, 0.3) is 0 Å². The second kappa shape index (κ2) is 7.81. The van der Waals surface area contributed by atoms with Crippen molar-refractivity contribution in [3.05, 3.63) is 0 Å². The predicted molar refractivity (Wildman–Crippen MR) is 62.4 cm³/mol. The van der Waals surface area contributed by atoms with Gasteiger partial charge in [-0.1, -0.05) is 43.1 Å². The Hall–Kier alpha value is 0.440. The monoisotopic (exact) mass is 250 g/mol. The Labute approximate surface area is 91.4 Å². The molecule has 0 saturated carbocycles. The summed E-state index contributed by atoms with van der Waals surface area (Å²) in [6.07, 6.45) is 2.81. The van der Waals surface area contributed by atoms with Gasteiger partial charge >= 0.3 is 0 Å². The fraction of sp³-hybridized carbons (Fsp3) is 1.00. The fourth-order valence-corrected chi connectivity index (χ4v) is 2.13. The first-order valence-corrected chi connectivity index (χ1v) is 6.41. The van der Waals surface area contributed by atoms with Gasteiger partial charge < -0.3 is 4.74 Å². The zero-order chi connectivity index (χ0) is 10.3. The number of rotatable bonds is 7. The average molecular weight is 251 g/mol. The summed E-state index contributed by atoms with van der Waals surface area (Å²) >= 11 is 3.53. The van der Waals surface area contributed by atoms with Crippen molar-refractivity contribution in [2.75, 3.05) is 11.9 Å². The molecule has 2 unspecified atom stereocenters.